The summed E-state index contributed by atoms with van der Waals surface area (Å²) in [7, 11) is -4.81. The fourth-order valence-electron chi connectivity index (χ4n) is 4.77. The smallest absolute Gasteiger partial charge is 0.462 e. The number of ether oxygens (including phenoxy) is 2. The molecule has 0 radical (unpaired) electrons. The fourth-order valence-corrected chi connectivity index (χ4v) is 5.13. The van der Waals surface area contributed by atoms with Crippen molar-refractivity contribution in [2.24, 2.45) is 0 Å². The van der Waals surface area contributed by atoms with E-state index in [2.05, 4.69) is 42.7 Å². The quantitative estimate of drug-likeness (QED) is 0.0235. The molecule has 274 valence electrons. The van der Waals surface area contributed by atoms with Crippen LogP contribution in [0.3, 0.4) is 0 Å². The van der Waals surface area contributed by atoms with Crippen LogP contribution in [0.2, 0.25) is 0 Å². The fraction of sp³-hybridized carbons (Fsp3) is 0.778. The van der Waals surface area contributed by atoms with E-state index in [1.807, 2.05) is 12.2 Å². The first-order valence-corrected chi connectivity index (χ1v) is 19.5. The molecule has 0 fully saturated rings. The molecule has 11 heteroatoms. The first kappa shape index (κ1) is 45.2. The van der Waals surface area contributed by atoms with Crippen LogP contribution in [0.1, 0.15) is 149 Å². The summed E-state index contributed by atoms with van der Waals surface area (Å²) < 4.78 is 26.0. The van der Waals surface area contributed by atoms with Gasteiger partial charge in [0.1, 0.15) is 6.61 Å². The number of rotatable bonds is 32. The van der Waals surface area contributed by atoms with Gasteiger partial charge in [0.05, 0.1) is 18.8 Å². The molecule has 0 saturated carbocycles. The Morgan fingerprint density at radius 2 is 1.17 bits per heavy atom. The van der Waals surface area contributed by atoms with E-state index in [1.165, 1.54) is 57.8 Å². The molecule has 0 saturated heterocycles. The highest BCUT2D eigenvalue weighted by Gasteiger charge is 2.23. The highest BCUT2D eigenvalue weighted by atomic mass is 31.2. The molecule has 0 spiro atoms. The molecule has 0 aliphatic carbocycles. The molecule has 0 aromatic rings. The minimum atomic E-state index is -4.81. The molecule has 3 atom stereocenters. The lowest BCUT2D eigenvalue weighted by molar-refractivity contribution is -0.161. The highest BCUT2D eigenvalue weighted by molar-refractivity contribution is 7.46. The summed E-state index contributed by atoms with van der Waals surface area (Å²) in [6.07, 6.45) is 27.7. The van der Waals surface area contributed by atoms with Crippen molar-refractivity contribution in [3.63, 3.8) is 0 Å². The molecular weight excluding hydrogens is 623 g/mol. The maximum Gasteiger partial charge on any atom is 0.469 e. The first-order valence-electron chi connectivity index (χ1n) is 17.9. The van der Waals surface area contributed by atoms with Gasteiger partial charge in [-0.3, -0.25) is 14.1 Å². The Balaban J connectivity index is 4.26. The highest BCUT2D eigenvalue weighted by Crippen LogP contribution is 2.36. The lowest BCUT2D eigenvalue weighted by Gasteiger charge is -2.19. The summed E-state index contributed by atoms with van der Waals surface area (Å²) in [5, 5.41) is 20.4. The van der Waals surface area contributed by atoms with E-state index in [1.54, 1.807) is 0 Å². The molecule has 4 N–H and O–H groups in total. The van der Waals surface area contributed by atoms with Crippen molar-refractivity contribution in [2.45, 2.75) is 167 Å². The van der Waals surface area contributed by atoms with Gasteiger partial charge in [-0.2, -0.15) is 0 Å². The van der Waals surface area contributed by atoms with Crippen molar-refractivity contribution in [2.75, 3.05) is 13.2 Å². The third-order valence-electron chi connectivity index (χ3n) is 7.61. The largest absolute Gasteiger partial charge is 0.469 e. The Kier molecular flexibility index (Phi) is 30.2. The minimum absolute atomic E-state index is 0.0456. The second kappa shape index (κ2) is 31.5. The molecule has 0 aromatic carbocycles. The molecule has 2 unspecified atom stereocenters. The number of unbranched alkanes of at least 4 members (excludes halogenated alkanes) is 12. The lowest BCUT2D eigenvalue weighted by Crippen LogP contribution is -2.29. The van der Waals surface area contributed by atoms with Crippen LogP contribution in [-0.2, 0) is 28.2 Å². The van der Waals surface area contributed by atoms with Crippen LogP contribution in [0.4, 0.5) is 0 Å². The number of carbonyl (C=O) groups excluding carboxylic acids is 2. The molecule has 0 bridgehead atoms. The third kappa shape index (κ3) is 32.5. The van der Waals surface area contributed by atoms with Crippen molar-refractivity contribution in [1.29, 1.82) is 0 Å². The van der Waals surface area contributed by atoms with Gasteiger partial charge in [-0.15, -0.1) is 0 Å². The Hall–Kier alpha value is -1.81. The summed E-state index contributed by atoms with van der Waals surface area (Å²) in [6.45, 7) is 3.36. The molecule has 0 heterocycles. The maximum absolute atomic E-state index is 12.3. The van der Waals surface area contributed by atoms with E-state index < -0.39 is 51.3 Å². The van der Waals surface area contributed by atoms with Gasteiger partial charge in [-0.1, -0.05) is 121 Å². The van der Waals surface area contributed by atoms with E-state index in [9.17, 15) is 24.4 Å². The Morgan fingerprint density at radius 3 is 1.79 bits per heavy atom. The third-order valence-corrected chi connectivity index (χ3v) is 8.10. The van der Waals surface area contributed by atoms with Crippen LogP contribution >= 0.6 is 7.82 Å². The Bertz CT molecular complexity index is 898. The van der Waals surface area contributed by atoms with Gasteiger partial charge in [0.15, 0.2) is 6.10 Å². The number of carbonyl (C=O) groups is 2. The van der Waals surface area contributed by atoms with Crippen LogP contribution in [0.25, 0.3) is 0 Å². The van der Waals surface area contributed by atoms with Crippen molar-refractivity contribution >= 4 is 19.8 Å². The van der Waals surface area contributed by atoms with Gasteiger partial charge in [0.2, 0.25) is 0 Å². The van der Waals surface area contributed by atoms with Crippen LogP contribution in [0, 0.1) is 0 Å². The van der Waals surface area contributed by atoms with Crippen molar-refractivity contribution < 1.29 is 48.2 Å². The molecule has 0 aromatic heterocycles. The van der Waals surface area contributed by atoms with E-state index in [0.29, 0.717) is 12.8 Å². The monoisotopic (exact) mass is 688 g/mol. The number of allylic oxidation sites excluding steroid dienone is 5. The van der Waals surface area contributed by atoms with Gasteiger partial charge in [0.25, 0.3) is 0 Å². The lowest BCUT2D eigenvalue weighted by atomic mass is 10.0. The van der Waals surface area contributed by atoms with Gasteiger partial charge in [-0.25, -0.2) is 4.57 Å². The average molecular weight is 689 g/mol. The summed E-state index contributed by atoms with van der Waals surface area (Å²) in [4.78, 5) is 42.6. The number of hydrogen-bond acceptors (Lipinski definition) is 8. The van der Waals surface area contributed by atoms with Crippen molar-refractivity contribution in [3.8, 4) is 0 Å². The van der Waals surface area contributed by atoms with Gasteiger partial charge in [0, 0.05) is 12.8 Å². The van der Waals surface area contributed by atoms with Gasteiger partial charge in [-0.05, 0) is 51.4 Å². The van der Waals surface area contributed by atoms with Crippen molar-refractivity contribution in [1.82, 2.24) is 0 Å². The molecule has 47 heavy (non-hydrogen) atoms. The van der Waals surface area contributed by atoms with E-state index >= 15 is 0 Å². The maximum atomic E-state index is 12.3. The van der Waals surface area contributed by atoms with Crippen LogP contribution in [0.15, 0.2) is 36.5 Å². The molecule has 0 rings (SSSR count). The van der Waals surface area contributed by atoms with Gasteiger partial charge >= 0.3 is 19.8 Å². The first-order chi connectivity index (χ1) is 22.6. The summed E-state index contributed by atoms with van der Waals surface area (Å²) in [5.41, 5.74) is 0. The standard InChI is InChI=1S/C36H65O10P/c1-3-5-7-9-11-13-15-16-17-19-21-23-26-33(37)34(38)27-25-29-35(39)44-30-32(31-45-47(41,42)43)46-36(40)28-24-22-20-18-14-12-10-8-6-4-2/h11,13,16-17,21,23,32-34,37-38H,3-10,12,14-15,18-20,22,24-31H2,1-2H3,(H2,41,42,43)/b13-11-,17-16-,23-21-/t32-,33?,34?/m1/s1. The molecule has 0 aliphatic rings. The molecular formula is C36H65O10P. The summed E-state index contributed by atoms with van der Waals surface area (Å²) >= 11 is 0. The molecule has 0 aliphatic heterocycles. The van der Waals surface area contributed by atoms with Crippen LogP contribution in [-0.4, -0.2) is 63.5 Å². The second-order valence-corrected chi connectivity index (χ2v) is 13.4. The van der Waals surface area contributed by atoms with E-state index in [-0.39, 0.29) is 25.7 Å². The Morgan fingerprint density at radius 1 is 0.638 bits per heavy atom. The summed E-state index contributed by atoms with van der Waals surface area (Å²) in [6, 6.07) is 0. The van der Waals surface area contributed by atoms with Crippen LogP contribution < -0.4 is 0 Å². The van der Waals surface area contributed by atoms with E-state index in [4.69, 9.17) is 19.3 Å². The number of aliphatic hydroxyl groups excluding tert-OH is 2. The van der Waals surface area contributed by atoms with Crippen LogP contribution in [0.5, 0.6) is 0 Å². The molecule has 10 nitrogen and oxygen atoms in total. The minimum Gasteiger partial charge on any atom is -0.462 e. The summed E-state index contributed by atoms with van der Waals surface area (Å²) in [5.74, 6) is -1.17. The topological polar surface area (TPSA) is 160 Å². The number of aliphatic hydroxyl groups is 2. The number of phosphoric acid groups is 1. The predicted molar refractivity (Wildman–Crippen MR) is 187 cm³/mol. The predicted octanol–water partition coefficient (Wildman–Crippen LogP) is 8.17. The number of phosphoric ester groups is 1. The normalized spacial score (nSPS) is 14.3. The second-order valence-electron chi connectivity index (χ2n) is 12.2. The number of hydrogen-bond donors (Lipinski definition) is 4. The SMILES string of the molecule is CCCCC/C=C\C/C=C\C/C=C\CC(O)C(O)CCCC(=O)OC[C@H](COP(=O)(O)O)OC(=O)CCCCCCCCCCCC. The van der Waals surface area contributed by atoms with Gasteiger partial charge < -0.3 is 29.5 Å². The zero-order chi connectivity index (χ0) is 35.0. The number of esters is 2. The zero-order valence-corrected chi connectivity index (χ0v) is 30.0. The van der Waals surface area contributed by atoms with E-state index in [0.717, 1.165) is 38.5 Å². The average Bonchev–Trinajstić information content (AvgIpc) is 3.03. The zero-order valence-electron chi connectivity index (χ0n) is 29.1. The Labute approximate surface area is 284 Å². The van der Waals surface area contributed by atoms with Crippen molar-refractivity contribution in [3.05, 3.63) is 36.5 Å². The molecule has 0 amide bonds.